The second-order valence-electron chi connectivity index (χ2n) is 8.08. The Labute approximate surface area is 202 Å². The van der Waals surface area contributed by atoms with Crippen molar-refractivity contribution in [2.24, 2.45) is 4.99 Å². The van der Waals surface area contributed by atoms with Gasteiger partial charge >= 0.3 is 6.09 Å². The van der Waals surface area contributed by atoms with Gasteiger partial charge in [-0.2, -0.15) is 0 Å². The molecule has 172 valence electrons. The molecule has 31 heavy (non-hydrogen) atoms. The zero-order valence-corrected chi connectivity index (χ0v) is 21.4. The Kier molecular flexibility index (Phi) is 11.4. The van der Waals surface area contributed by atoms with Crippen LogP contribution < -0.4 is 10.6 Å². The van der Waals surface area contributed by atoms with Gasteiger partial charge in [0.15, 0.2) is 5.96 Å². The molecule has 0 saturated heterocycles. The van der Waals surface area contributed by atoms with E-state index in [1.165, 1.54) is 0 Å². The molecule has 9 heteroatoms. The average Bonchev–Trinajstić information content (AvgIpc) is 3.19. The summed E-state index contributed by atoms with van der Waals surface area (Å²) < 4.78 is 7.41. The molecule has 0 aliphatic heterocycles. The summed E-state index contributed by atoms with van der Waals surface area (Å²) in [6.45, 7) is 11.1. The minimum absolute atomic E-state index is 0. The van der Waals surface area contributed by atoms with Crippen molar-refractivity contribution in [3.63, 3.8) is 0 Å². The number of aromatic nitrogens is 2. The SMILES string of the molecule is CCNC(=NCc1ccc(CN(C)C(=O)OC(C)(C)C)cc1)NCCn1ccnc1.I. The van der Waals surface area contributed by atoms with Crippen LogP contribution in [0.5, 0.6) is 0 Å². The minimum atomic E-state index is -0.496. The Balaban J connectivity index is 0.00000480. The van der Waals surface area contributed by atoms with E-state index < -0.39 is 5.60 Å². The van der Waals surface area contributed by atoms with Gasteiger partial charge in [-0.15, -0.1) is 24.0 Å². The summed E-state index contributed by atoms with van der Waals surface area (Å²) in [5.74, 6) is 0.784. The molecule has 0 unspecified atom stereocenters. The Morgan fingerprint density at radius 1 is 1.19 bits per heavy atom. The standard InChI is InChI=1S/C22H34N6O2.HI/c1-6-24-20(25-12-14-28-13-11-23-17-28)26-15-18-7-9-19(10-8-18)16-27(5)21(29)30-22(2,3)4;/h7-11,13,17H,6,12,14-16H2,1-5H3,(H2,24,25,26);1H. The minimum Gasteiger partial charge on any atom is -0.444 e. The molecule has 0 aliphatic rings. The molecule has 0 fully saturated rings. The van der Waals surface area contributed by atoms with Crippen LogP contribution in [0.1, 0.15) is 38.8 Å². The predicted octanol–water partition coefficient (Wildman–Crippen LogP) is 3.62. The van der Waals surface area contributed by atoms with Gasteiger partial charge in [0.2, 0.25) is 0 Å². The van der Waals surface area contributed by atoms with Crippen LogP contribution in [-0.4, -0.2) is 52.2 Å². The van der Waals surface area contributed by atoms with Gasteiger partial charge in [0.05, 0.1) is 12.9 Å². The summed E-state index contributed by atoms with van der Waals surface area (Å²) in [6.07, 6.45) is 5.18. The number of halogens is 1. The molecule has 8 nitrogen and oxygen atoms in total. The van der Waals surface area contributed by atoms with Gasteiger partial charge in [-0.3, -0.25) is 0 Å². The number of imidazole rings is 1. The number of hydrogen-bond acceptors (Lipinski definition) is 4. The summed E-state index contributed by atoms with van der Waals surface area (Å²) in [6, 6.07) is 8.11. The zero-order chi connectivity index (χ0) is 22.0. The smallest absolute Gasteiger partial charge is 0.410 e. The summed E-state index contributed by atoms with van der Waals surface area (Å²) >= 11 is 0. The lowest BCUT2D eigenvalue weighted by Gasteiger charge is -2.24. The van der Waals surface area contributed by atoms with E-state index >= 15 is 0 Å². The van der Waals surface area contributed by atoms with Gasteiger partial charge in [0.1, 0.15) is 5.60 Å². The Hall–Kier alpha value is -2.30. The monoisotopic (exact) mass is 542 g/mol. The maximum atomic E-state index is 12.1. The van der Waals surface area contributed by atoms with Crippen LogP contribution >= 0.6 is 24.0 Å². The topological polar surface area (TPSA) is 83.8 Å². The summed E-state index contributed by atoms with van der Waals surface area (Å²) in [5.41, 5.74) is 1.65. The molecule has 0 aliphatic carbocycles. The van der Waals surface area contributed by atoms with Gasteiger partial charge in [0.25, 0.3) is 0 Å². The number of carbonyl (C=O) groups is 1. The fourth-order valence-electron chi connectivity index (χ4n) is 2.66. The maximum Gasteiger partial charge on any atom is 0.410 e. The van der Waals surface area contributed by atoms with Gasteiger partial charge < -0.3 is 24.8 Å². The lowest BCUT2D eigenvalue weighted by molar-refractivity contribution is 0.0285. The number of rotatable bonds is 8. The van der Waals surface area contributed by atoms with E-state index in [-0.39, 0.29) is 30.1 Å². The third kappa shape index (κ3) is 10.5. The normalized spacial score (nSPS) is 11.5. The highest BCUT2D eigenvalue weighted by molar-refractivity contribution is 14.0. The van der Waals surface area contributed by atoms with E-state index in [2.05, 4.69) is 20.6 Å². The van der Waals surface area contributed by atoms with Crippen molar-refractivity contribution >= 4 is 36.0 Å². The number of carbonyl (C=O) groups excluding carboxylic acids is 1. The Bertz CT molecular complexity index is 800. The third-order valence-corrected chi connectivity index (χ3v) is 4.13. The molecule has 1 aromatic heterocycles. The number of benzene rings is 1. The van der Waals surface area contributed by atoms with E-state index in [0.717, 1.165) is 36.7 Å². The van der Waals surface area contributed by atoms with Gasteiger partial charge in [-0.25, -0.2) is 14.8 Å². The van der Waals surface area contributed by atoms with Crippen molar-refractivity contribution in [2.45, 2.75) is 52.9 Å². The van der Waals surface area contributed by atoms with Crippen molar-refractivity contribution in [3.8, 4) is 0 Å². The van der Waals surface area contributed by atoms with Crippen LogP contribution in [0.4, 0.5) is 4.79 Å². The first kappa shape index (κ1) is 26.7. The zero-order valence-electron chi connectivity index (χ0n) is 19.1. The summed E-state index contributed by atoms with van der Waals surface area (Å²) in [5, 5.41) is 6.59. The number of aliphatic imine (C=N–C) groups is 1. The van der Waals surface area contributed by atoms with E-state index in [1.54, 1.807) is 24.5 Å². The maximum absolute atomic E-state index is 12.1. The highest BCUT2D eigenvalue weighted by atomic mass is 127. The molecule has 2 aromatic rings. The molecule has 1 amide bonds. The first-order valence-electron chi connectivity index (χ1n) is 10.3. The molecule has 0 bridgehead atoms. The predicted molar refractivity (Wildman–Crippen MR) is 135 cm³/mol. The van der Waals surface area contributed by atoms with Crippen molar-refractivity contribution in [1.29, 1.82) is 0 Å². The molecular formula is C22H35IN6O2. The van der Waals surface area contributed by atoms with Crippen molar-refractivity contribution < 1.29 is 9.53 Å². The summed E-state index contributed by atoms with van der Waals surface area (Å²) in [7, 11) is 1.74. The highest BCUT2D eigenvalue weighted by Crippen LogP contribution is 2.12. The van der Waals surface area contributed by atoms with Crippen LogP contribution in [-0.2, 0) is 24.4 Å². The molecule has 1 heterocycles. The van der Waals surface area contributed by atoms with Crippen LogP contribution in [0.15, 0.2) is 48.0 Å². The van der Waals surface area contributed by atoms with Crippen molar-refractivity contribution in [2.75, 3.05) is 20.1 Å². The van der Waals surface area contributed by atoms with Crippen LogP contribution in [0.25, 0.3) is 0 Å². The number of ether oxygens (including phenoxy) is 1. The number of amides is 1. The second kappa shape index (κ2) is 13.2. The quantitative estimate of drug-likeness (QED) is 0.303. The Morgan fingerprint density at radius 2 is 1.87 bits per heavy atom. The second-order valence-corrected chi connectivity index (χ2v) is 8.08. The van der Waals surface area contributed by atoms with Crippen LogP contribution in [0, 0.1) is 0 Å². The lowest BCUT2D eigenvalue weighted by Crippen LogP contribution is -2.38. The van der Waals surface area contributed by atoms with Gasteiger partial charge in [-0.1, -0.05) is 24.3 Å². The molecule has 0 atom stereocenters. The molecule has 0 spiro atoms. The van der Waals surface area contributed by atoms with E-state index in [0.29, 0.717) is 13.1 Å². The van der Waals surface area contributed by atoms with Gasteiger partial charge in [0, 0.05) is 45.6 Å². The Morgan fingerprint density at radius 3 is 2.45 bits per heavy atom. The van der Waals surface area contributed by atoms with E-state index in [9.17, 15) is 4.79 Å². The van der Waals surface area contributed by atoms with Crippen molar-refractivity contribution in [3.05, 3.63) is 54.1 Å². The van der Waals surface area contributed by atoms with Crippen molar-refractivity contribution in [1.82, 2.24) is 25.1 Å². The molecule has 2 rings (SSSR count). The average molecular weight is 542 g/mol. The summed E-state index contributed by atoms with van der Waals surface area (Å²) in [4.78, 5) is 22.4. The number of nitrogens with zero attached hydrogens (tertiary/aromatic N) is 4. The number of guanidine groups is 1. The van der Waals surface area contributed by atoms with Crippen LogP contribution in [0.3, 0.4) is 0 Å². The van der Waals surface area contributed by atoms with E-state index in [1.807, 2.05) is 62.7 Å². The molecular weight excluding hydrogens is 507 g/mol. The first-order chi connectivity index (χ1) is 14.3. The molecule has 2 N–H and O–H groups in total. The molecule has 0 radical (unpaired) electrons. The molecule has 1 aromatic carbocycles. The number of hydrogen-bond donors (Lipinski definition) is 2. The van der Waals surface area contributed by atoms with Crippen LogP contribution in [0.2, 0.25) is 0 Å². The van der Waals surface area contributed by atoms with E-state index in [4.69, 9.17) is 4.74 Å². The fourth-order valence-corrected chi connectivity index (χ4v) is 2.66. The highest BCUT2D eigenvalue weighted by Gasteiger charge is 2.19. The van der Waals surface area contributed by atoms with Gasteiger partial charge in [-0.05, 0) is 38.8 Å². The largest absolute Gasteiger partial charge is 0.444 e. The lowest BCUT2D eigenvalue weighted by atomic mass is 10.1. The molecule has 0 saturated carbocycles. The first-order valence-corrected chi connectivity index (χ1v) is 10.3. The number of nitrogens with one attached hydrogen (secondary N) is 2. The fraction of sp³-hybridized carbons (Fsp3) is 0.500. The third-order valence-electron chi connectivity index (χ3n) is 4.13.